The molecular weight excluding hydrogens is 763 g/mol. The molecule has 3 aliphatic rings. The van der Waals surface area contributed by atoms with Gasteiger partial charge in [0.15, 0.2) is 0 Å². The fraction of sp³-hybridized carbons (Fsp3) is 0.652. The predicted octanol–water partition coefficient (Wildman–Crippen LogP) is 5.38. The molecular formula is C46H71N7O7. The number of amides is 6. The number of carboxylic acid groups (broad SMARTS) is 1. The van der Waals surface area contributed by atoms with Crippen molar-refractivity contribution in [3.8, 4) is 12.3 Å². The van der Waals surface area contributed by atoms with Crippen LogP contribution in [0.5, 0.6) is 0 Å². The van der Waals surface area contributed by atoms with Gasteiger partial charge in [0.2, 0.25) is 17.6 Å². The fourth-order valence-electron chi connectivity index (χ4n) is 8.07. The fourth-order valence-corrected chi connectivity index (χ4v) is 8.07. The van der Waals surface area contributed by atoms with E-state index in [-0.39, 0.29) is 42.8 Å². The van der Waals surface area contributed by atoms with Gasteiger partial charge in [0.1, 0.15) is 12.1 Å². The predicted molar refractivity (Wildman–Crippen MR) is 234 cm³/mol. The summed E-state index contributed by atoms with van der Waals surface area (Å²) in [5.74, 6) is 0.0307. The van der Waals surface area contributed by atoms with Crippen LogP contribution in [0.1, 0.15) is 118 Å². The molecule has 4 atom stereocenters. The normalized spacial score (nSPS) is 20.0. The van der Waals surface area contributed by atoms with Crippen molar-refractivity contribution < 1.29 is 33.9 Å². The highest BCUT2D eigenvalue weighted by molar-refractivity contribution is 6.38. The highest BCUT2D eigenvalue weighted by atomic mass is 16.4. The molecule has 1 aromatic carbocycles. The molecule has 14 heteroatoms. The Morgan fingerprint density at radius 1 is 0.917 bits per heavy atom. The van der Waals surface area contributed by atoms with Crippen LogP contribution < -0.4 is 26.6 Å². The second kappa shape index (κ2) is 23.2. The summed E-state index contributed by atoms with van der Waals surface area (Å²) in [5, 5.41) is 22.1. The zero-order valence-corrected chi connectivity index (χ0v) is 36.9. The average molecular weight is 834 g/mol. The van der Waals surface area contributed by atoms with Crippen LogP contribution in [-0.2, 0) is 25.7 Å². The first-order chi connectivity index (χ1) is 28.3. The van der Waals surface area contributed by atoms with Crippen molar-refractivity contribution in [2.24, 2.45) is 16.2 Å². The summed E-state index contributed by atoms with van der Waals surface area (Å²) in [6.07, 6.45) is 13.9. The second-order valence-electron chi connectivity index (χ2n) is 18.6. The van der Waals surface area contributed by atoms with Crippen LogP contribution in [0.2, 0.25) is 0 Å². The number of Topliss-reactive ketones (excluding diaryl/α,β-unsaturated/α-hetero) is 1. The van der Waals surface area contributed by atoms with Gasteiger partial charge in [-0.15, -0.1) is 18.9 Å². The summed E-state index contributed by atoms with van der Waals surface area (Å²) in [7, 11) is 0. The van der Waals surface area contributed by atoms with Crippen molar-refractivity contribution in [1.29, 1.82) is 0 Å². The second-order valence-corrected chi connectivity index (χ2v) is 18.6. The van der Waals surface area contributed by atoms with E-state index in [0.717, 1.165) is 70.1 Å². The Morgan fingerprint density at radius 2 is 1.57 bits per heavy atom. The molecule has 0 aromatic heterocycles. The van der Waals surface area contributed by atoms with Crippen LogP contribution in [0.15, 0.2) is 43.0 Å². The minimum absolute atomic E-state index is 0.0931. The number of nitrogens with zero attached hydrogens (tertiary/aromatic N) is 2. The van der Waals surface area contributed by atoms with Crippen molar-refractivity contribution in [3.63, 3.8) is 0 Å². The molecule has 2 saturated heterocycles. The van der Waals surface area contributed by atoms with Gasteiger partial charge in [-0.25, -0.2) is 9.59 Å². The largest absolute Gasteiger partial charge is 0.465 e. The maximum absolute atomic E-state index is 14.5. The quantitative estimate of drug-likeness (QED) is 0.0728. The Balaban J connectivity index is 0.000000753. The van der Waals surface area contributed by atoms with Crippen molar-refractivity contribution in [2.45, 2.75) is 143 Å². The van der Waals surface area contributed by atoms with Gasteiger partial charge in [-0.05, 0) is 79.8 Å². The van der Waals surface area contributed by atoms with Crippen LogP contribution in [0.4, 0.5) is 9.59 Å². The van der Waals surface area contributed by atoms with E-state index in [1.807, 2.05) is 30.3 Å². The lowest BCUT2D eigenvalue weighted by molar-refractivity contribution is -0.144. The summed E-state index contributed by atoms with van der Waals surface area (Å²) in [6.45, 7) is 20.1. The molecule has 1 aliphatic carbocycles. The summed E-state index contributed by atoms with van der Waals surface area (Å²) < 4.78 is 0. The smallest absolute Gasteiger partial charge is 0.404 e. The monoisotopic (exact) mass is 834 g/mol. The summed E-state index contributed by atoms with van der Waals surface area (Å²) in [5.41, 5.74) is 0.590. The van der Waals surface area contributed by atoms with Crippen molar-refractivity contribution in [1.82, 2.24) is 36.4 Å². The third-order valence-corrected chi connectivity index (χ3v) is 12.2. The first-order valence-electron chi connectivity index (χ1n) is 21.6. The molecule has 2 aliphatic heterocycles. The zero-order valence-electron chi connectivity index (χ0n) is 36.9. The first-order valence-corrected chi connectivity index (χ1v) is 21.6. The Hall–Kier alpha value is -4.90. The van der Waals surface area contributed by atoms with E-state index in [9.17, 15) is 28.8 Å². The number of rotatable bonds is 16. The lowest BCUT2D eigenvalue weighted by Gasteiger charge is -2.43. The van der Waals surface area contributed by atoms with Crippen LogP contribution in [0.25, 0.3) is 0 Å². The van der Waals surface area contributed by atoms with Crippen LogP contribution in [0.3, 0.4) is 0 Å². The molecule has 1 aromatic rings. The molecule has 0 radical (unpaired) electrons. The lowest BCUT2D eigenvalue weighted by Crippen LogP contribution is -2.63. The molecule has 4 rings (SSSR count). The van der Waals surface area contributed by atoms with E-state index in [1.54, 1.807) is 4.90 Å². The summed E-state index contributed by atoms with van der Waals surface area (Å²) in [6, 6.07) is 6.06. The Bertz CT molecular complexity index is 1650. The number of carbonyl (C=O) groups excluding carboxylic acids is 5. The standard InChI is InChI=1S/C38H62N6O5.C8H9NO2/c1-9-11-16-27(30(45)33(47)39-22-10-2)40-32(46)28-17-15-23-44(28)34(48)31(38(8)18-13-12-14-19-38)42-35(49)41-29(36(3,4)5)26-43-24-20-37(6,7)21-25-43;10-8(11)9-6-7-4-2-1-3-5-7/h1,10,27-29,31H,2,11-26H2,3-8H3,(H,39,47)(H,40,46)(H2,41,42,49);1-5,9H,6H2,(H,10,11). The number of ketones is 1. The van der Waals surface area contributed by atoms with Crippen molar-refractivity contribution in [2.75, 3.05) is 32.7 Å². The number of nitrogens with one attached hydrogen (secondary N) is 5. The van der Waals surface area contributed by atoms with Gasteiger partial charge in [0, 0.05) is 38.6 Å². The van der Waals surface area contributed by atoms with E-state index in [4.69, 9.17) is 11.5 Å². The molecule has 14 nitrogen and oxygen atoms in total. The van der Waals surface area contributed by atoms with Gasteiger partial charge < -0.3 is 41.5 Å². The Labute approximate surface area is 357 Å². The Kier molecular flexibility index (Phi) is 19.1. The third-order valence-electron chi connectivity index (χ3n) is 12.2. The minimum Gasteiger partial charge on any atom is -0.465 e. The minimum atomic E-state index is -1.12. The lowest BCUT2D eigenvalue weighted by atomic mass is 9.70. The Morgan fingerprint density at radius 3 is 2.15 bits per heavy atom. The van der Waals surface area contributed by atoms with Crippen molar-refractivity contribution >= 4 is 35.6 Å². The van der Waals surface area contributed by atoms with Gasteiger partial charge >= 0.3 is 12.1 Å². The molecule has 3 fully saturated rings. The molecule has 6 N–H and O–H groups in total. The zero-order chi connectivity index (χ0) is 44.5. The number of terminal acetylenes is 1. The van der Waals surface area contributed by atoms with E-state index in [2.05, 4.69) is 85.5 Å². The third kappa shape index (κ3) is 15.6. The van der Waals surface area contributed by atoms with E-state index >= 15 is 0 Å². The number of benzene rings is 1. The first kappa shape index (κ1) is 49.5. The van der Waals surface area contributed by atoms with Crippen molar-refractivity contribution in [3.05, 3.63) is 48.6 Å². The molecule has 4 unspecified atom stereocenters. The average Bonchev–Trinajstić information content (AvgIpc) is 3.71. The van der Waals surface area contributed by atoms with Gasteiger partial charge in [-0.2, -0.15) is 0 Å². The summed E-state index contributed by atoms with van der Waals surface area (Å²) >= 11 is 0. The van der Waals surface area contributed by atoms with Gasteiger partial charge in [-0.3, -0.25) is 19.2 Å². The van der Waals surface area contributed by atoms with Gasteiger partial charge in [0.05, 0.1) is 6.04 Å². The van der Waals surface area contributed by atoms with E-state index < -0.39 is 47.2 Å². The van der Waals surface area contributed by atoms with Gasteiger partial charge in [-0.1, -0.05) is 97.2 Å². The highest BCUT2D eigenvalue weighted by Crippen LogP contribution is 2.40. The maximum atomic E-state index is 14.5. The van der Waals surface area contributed by atoms with Crippen LogP contribution >= 0.6 is 0 Å². The number of urea groups is 1. The van der Waals surface area contributed by atoms with Gasteiger partial charge in [0.25, 0.3) is 5.91 Å². The highest BCUT2D eigenvalue weighted by Gasteiger charge is 2.47. The van der Waals surface area contributed by atoms with E-state index in [0.29, 0.717) is 31.3 Å². The maximum Gasteiger partial charge on any atom is 0.404 e. The molecule has 60 heavy (non-hydrogen) atoms. The number of hydrogen-bond donors (Lipinski definition) is 6. The number of carbonyl (C=O) groups is 6. The topological polar surface area (TPSA) is 189 Å². The molecule has 0 bridgehead atoms. The van der Waals surface area contributed by atoms with Crippen LogP contribution in [-0.4, -0.2) is 107 Å². The number of piperidine rings is 1. The summed E-state index contributed by atoms with van der Waals surface area (Å²) in [4.78, 5) is 81.5. The number of hydrogen-bond acceptors (Lipinski definition) is 7. The molecule has 332 valence electrons. The SMILES string of the molecule is C#CCCC(NC(=O)C1CCCN1C(=O)C(NC(=O)NC(CN1CCC(C)(C)CC1)C(C)(C)C)C1(C)CCCCC1)C(=O)C(=O)NCC=C.O=C(O)NCc1ccccc1. The number of likely N-dealkylation sites (tertiary alicyclic amines) is 2. The van der Waals surface area contributed by atoms with E-state index in [1.165, 1.54) is 6.08 Å². The molecule has 0 spiro atoms. The molecule has 2 heterocycles. The van der Waals surface area contributed by atoms with Crippen LogP contribution in [0, 0.1) is 28.6 Å². The molecule has 1 saturated carbocycles. The molecule has 6 amide bonds.